The summed E-state index contributed by atoms with van der Waals surface area (Å²) in [6, 6.07) is 3.74. The van der Waals surface area contributed by atoms with Crippen LogP contribution >= 0.6 is 11.8 Å². The maximum Gasteiger partial charge on any atom is 0.141 e. The number of rotatable bonds is 3. The van der Waals surface area contributed by atoms with Crippen LogP contribution in [-0.4, -0.2) is 28.2 Å². The molecule has 0 spiro atoms. The summed E-state index contributed by atoms with van der Waals surface area (Å²) in [5, 5.41) is 0.909. The highest BCUT2D eigenvalue weighted by Crippen LogP contribution is 2.47. The van der Waals surface area contributed by atoms with Gasteiger partial charge < -0.3 is 9.26 Å². The maximum atomic E-state index is 14.5. The highest BCUT2D eigenvalue weighted by atomic mass is 32.2. The van der Waals surface area contributed by atoms with Gasteiger partial charge in [-0.1, -0.05) is 6.07 Å². The van der Waals surface area contributed by atoms with Crippen molar-refractivity contribution in [1.82, 2.24) is 4.74 Å². The Bertz CT molecular complexity index is 816. The van der Waals surface area contributed by atoms with Crippen molar-refractivity contribution in [2.75, 3.05) is 12.4 Å². The predicted molar refractivity (Wildman–Crippen MR) is 92.9 cm³/mol. The van der Waals surface area contributed by atoms with Gasteiger partial charge in [0.1, 0.15) is 23.4 Å². The highest BCUT2D eigenvalue weighted by molar-refractivity contribution is 8.13. The lowest BCUT2D eigenvalue weighted by Crippen LogP contribution is -2.50. The molecule has 25 heavy (non-hydrogen) atoms. The van der Waals surface area contributed by atoms with Crippen LogP contribution in [0.5, 0.6) is 0 Å². The van der Waals surface area contributed by atoms with E-state index in [4.69, 9.17) is 14.3 Å². The summed E-state index contributed by atoms with van der Waals surface area (Å²) >= 11 is 1.69. The smallest absolute Gasteiger partial charge is 0.141 e. The van der Waals surface area contributed by atoms with E-state index in [0.717, 1.165) is 29.0 Å². The fourth-order valence-corrected chi connectivity index (χ4v) is 4.82. The first-order chi connectivity index (χ1) is 12.0. The molecule has 1 aromatic carbocycles. The molecule has 3 heterocycles. The molecule has 2 aliphatic rings. The Morgan fingerprint density at radius 2 is 2.20 bits per heavy atom. The number of fused-ring (bicyclic) bond motifs is 1. The van der Waals surface area contributed by atoms with E-state index >= 15 is 0 Å². The Morgan fingerprint density at radius 1 is 1.36 bits per heavy atom. The van der Waals surface area contributed by atoms with Gasteiger partial charge in [0, 0.05) is 23.3 Å². The number of benzene rings is 1. The molecular formula is C18H20F2N2O2S. The van der Waals surface area contributed by atoms with E-state index in [2.05, 4.69) is 0 Å². The average Bonchev–Trinajstić information content (AvgIpc) is 2.58. The van der Waals surface area contributed by atoms with Gasteiger partial charge in [0.05, 0.1) is 30.0 Å². The Balaban J connectivity index is 1.65. The molecular weight excluding hydrogens is 346 g/mol. The molecule has 7 heteroatoms. The van der Waals surface area contributed by atoms with E-state index in [1.165, 1.54) is 12.1 Å². The zero-order valence-corrected chi connectivity index (χ0v) is 15.0. The van der Waals surface area contributed by atoms with Gasteiger partial charge in [-0.2, -0.15) is 0 Å². The van der Waals surface area contributed by atoms with E-state index in [-0.39, 0.29) is 12.0 Å². The van der Waals surface area contributed by atoms with Crippen LogP contribution in [0, 0.1) is 24.5 Å². The fraction of sp³-hybridized carbons (Fsp3) is 0.500. The van der Waals surface area contributed by atoms with Crippen LogP contribution in [-0.2, 0) is 16.8 Å². The Morgan fingerprint density at radius 3 is 2.88 bits per heavy atom. The first-order valence-electron chi connectivity index (χ1n) is 8.35. The highest BCUT2D eigenvalue weighted by Gasteiger charge is 2.49. The van der Waals surface area contributed by atoms with Crippen molar-refractivity contribution in [3.05, 3.63) is 47.4 Å². The molecule has 1 aromatic heterocycles. The molecule has 0 amide bonds. The molecule has 0 aliphatic carbocycles. The van der Waals surface area contributed by atoms with Crippen LogP contribution in [0.3, 0.4) is 0 Å². The topological polar surface area (TPSA) is 39.7 Å². The molecule has 2 aliphatic heterocycles. The number of hydrogen-bond donors (Lipinski definition) is 0. The van der Waals surface area contributed by atoms with E-state index in [0.29, 0.717) is 18.7 Å². The fourth-order valence-electron chi connectivity index (χ4n) is 3.74. The second-order valence-electron chi connectivity index (χ2n) is 6.78. The lowest BCUT2D eigenvalue weighted by molar-refractivity contribution is -0.0744. The molecule has 1 fully saturated rings. The minimum Gasteiger partial charge on any atom is -0.386 e. The number of hydrogen-bond acceptors (Lipinski definition) is 4. The summed E-state index contributed by atoms with van der Waals surface area (Å²) in [4.78, 5) is 4.80. The second kappa shape index (κ2) is 6.29. The molecule has 1 saturated heterocycles. The Labute approximate surface area is 149 Å². The lowest BCUT2D eigenvalue weighted by atomic mass is 9.75. The molecule has 0 bridgehead atoms. The number of aliphatic imine (C=N–C) groups is 1. The minimum atomic E-state index is -0.774. The normalized spacial score (nSPS) is 29.4. The van der Waals surface area contributed by atoms with Crippen LogP contribution in [0.15, 0.2) is 34.0 Å². The largest absolute Gasteiger partial charge is 0.386 e. The van der Waals surface area contributed by atoms with Gasteiger partial charge in [0.2, 0.25) is 0 Å². The zero-order chi connectivity index (χ0) is 17.6. The maximum absolute atomic E-state index is 14.5. The van der Waals surface area contributed by atoms with Crippen LogP contribution in [0.4, 0.5) is 8.78 Å². The molecule has 0 N–H and O–H groups in total. The monoisotopic (exact) mass is 366 g/mol. The van der Waals surface area contributed by atoms with Crippen molar-refractivity contribution in [3.63, 3.8) is 0 Å². The summed E-state index contributed by atoms with van der Waals surface area (Å²) in [7, 11) is 0. The summed E-state index contributed by atoms with van der Waals surface area (Å²) in [6.07, 6.45) is 2.46. The first kappa shape index (κ1) is 16.8. The third-order valence-electron chi connectivity index (χ3n) is 5.12. The van der Waals surface area contributed by atoms with E-state index < -0.39 is 17.2 Å². The summed E-state index contributed by atoms with van der Waals surface area (Å²) in [5.74, 6) is -0.153. The van der Waals surface area contributed by atoms with Gasteiger partial charge in [-0.05, 0) is 26.3 Å². The molecule has 0 radical (unpaired) electrons. The summed E-state index contributed by atoms with van der Waals surface area (Å²) in [5.41, 5.74) is 0.717. The third-order valence-corrected chi connectivity index (χ3v) is 6.20. The van der Waals surface area contributed by atoms with Crippen molar-refractivity contribution in [1.29, 1.82) is 0 Å². The molecule has 3 atom stereocenters. The summed E-state index contributed by atoms with van der Waals surface area (Å²) < 4.78 is 41.1. The van der Waals surface area contributed by atoms with Crippen LogP contribution in [0.25, 0.3) is 0 Å². The van der Waals surface area contributed by atoms with Crippen LogP contribution in [0.1, 0.15) is 24.6 Å². The van der Waals surface area contributed by atoms with Gasteiger partial charge in [-0.3, -0.25) is 4.99 Å². The number of halogens is 2. The van der Waals surface area contributed by atoms with E-state index in [1.54, 1.807) is 22.8 Å². The van der Waals surface area contributed by atoms with Gasteiger partial charge in [-0.15, -0.1) is 11.8 Å². The van der Waals surface area contributed by atoms with Crippen molar-refractivity contribution < 1.29 is 18.0 Å². The quantitative estimate of drug-likeness (QED) is 0.820. The minimum absolute atomic E-state index is 0.000472. The van der Waals surface area contributed by atoms with Crippen molar-refractivity contribution in [2.45, 2.75) is 38.5 Å². The standard InChI is InChI=1S/C18H20F2N2O2S/c1-11-8-24-22(11)7-15-5-13-9-25-12(2)21-18(13,10-23-15)16-4-3-14(19)6-17(16)20/h3-4,6,8,13,15H,5,7,9-10H2,1-2H3/t13-,15+,18-/m0/s1. The number of aryl methyl sites for hydroxylation is 1. The van der Waals surface area contributed by atoms with Crippen molar-refractivity contribution in [2.24, 2.45) is 10.9 Å². The average molecular weight is 366 g/mol. The van der Waals surface area contributed by atoms with Crippen molar-refractivity contribution >= 4 is 16.8 Å². The number of aromatic nitrogens is 1. The van der Waals surface area contributed by atoms with Gasteiger partial charge in [0.15, 0.2) is 0 Å². The lowest BCUT2D eigenvalue weighted by Gasteiger charge is -2.46. The van der Waals surface area contributed by atoms with E-state index in [9.17, 15) is 8.78 Å². The molecule has 134 valence electrons. The molecule has 0 unspecified atom stereocenters. The Kier molecular flexibility index (Phi) is 4.24. The van der Waals surface area contributed by atoms with Crippen LogP contribution < -0.4 is 0 Å². The molecule has 4 rings (SSSR count). The molecule has 2 aromatic rings. The Hall–Kier alpha value is -1.60. The second-order valence-corrected chi connectivity index (χ2v) is 7.99. The van der Waals surface area contributed by atoms with Gasteiger partial charge in [-0.25, -0.2) is 13.5 Å². The third kappa shape index (κ3) is 2.93. The SMILES string of the molecule is CC1=N[C@@]2(c3ccc(F)cc3F)CO[C@@H](Cn3occ3C)C[C@H]2CS1. The number of thioether (sulfide) groups is 1. The van der Waals surface area contributed by atoms with Gasteiger partial charge in [0.25, 0.3) is 0 Å². The van der Waals surface area contributed by atoms with Crippen molar-refractivity contribution in [3.8, 4) is 0 Å². The number of ether oxygens (including phenoxy) is 1. The van der Waals surface area contributed by atoms with Gasteiger partial charge >= 0.3 is 0 Å². The molecule has 4 nitrogen and oxygen atoms in total. The molecule has 0 saturated carbocycles. The number of nitrogens with zero attached hydrogens (tertiary/aromatic N) is 2. The zero-order valence-electron chi connectivity index (χ0n) is 14.2. The first-order valence-corrected chi connectivity index (χ1v) is 9.34. The predicted octanol–water partition coefficient (Wildman–Crippen LogP) is 4.13. The summed E-state index contributed by atoms with van der Waals surface area (Å²) in [6.45, 7) is 4.85. The van der Waals surface area contributed by atoms with E-state index in [1.807, 2.05) is 13.8 Å². The van der Waals surface area contributed by atoms with Crippen LogP contribution in [0.2, 0.25) is 0 Å².